The highest BCUT2D eigenvalue weighted by molar-refractivity contribution is 6.32. The van der Waals surface area contributed by atoms with E-state index >= 15 is 0 Å². The molecule has 6 amide bonds. The highest BCUT2D eigenvalue weighted by atomic mass is 16.2. The lowest BCUT2D eigenvalue weighted by atomic mass is 10.1. The molecule has 10 heteroatoms. The smallest absolute Gasteiger partial charge is 0.326 e. The number of carbonyl (C=O) groups excluding carboxylic acids is 5. The highest BCUT2D eigenvalue weighted by Crippen LogP contribution is 2.21. The summed E-state index contributed by atoms with van der Waals surface area (Å²) in [6, 6.07) is 12.0. The van der Waals surface area contributed by atoms with Crippen LogP contribution in [0.3, 0.4) is 0 Å². The summed E-state index contributed by atoms with van der Waals surface area (Å²) in [6.45, 7) is 5.34. The second-order valence-electron chi connectivity index (χ2n) is 7.73. The molecule has 3 rings (SSSR count). The largest absolute Gasteiger partial charge is 0.335 e. The molecule has 1 fully saturated rings. The lowest BCUT2D eigenvalue weighted by Gasteiger charge is -2.28. The maximum Gasteiger partial charge on any atom is 0.335 e. The lowest BCUT2D eigenvalue weighted by molar-refractivity contribution is -0.131. The second kappa shape index (κ2) is 9.86. The van der Waals surface area contributed by atoms with Crippen LogP contribution in [-0.4, -0.2) is 35.9 Å². The normalized spacial score (nSPS) is 16.2. The molecule has 0 radical (unpaired) electrons. The minimum absolute atomic E-state index is 0.148. The Bertz CT molecular complexity index is 1140. The lowest BCUT2D eigenvalue weighted by Crippen LogP contribution is -2.58. The van der Waals surface area contributed by atoms with E-state index in [2.05, 4.69) is 21.2 Å². The predicted octanol–water partition coefficient (Wildman–Crippen LogP) is 2.20. The summed E-state index contributed by atoms with van der Waals surface area (Å²) in [5.41, 5.74) is 4.19. The molecule has 33 heavy (non-hydrogen) atoms. The molecule has 1 saturated heterocycles. The van der Waals surface area contributed by atoms with Crippen LogP contribution in [0.15, 0.2) is 53.6 Å². The van der Waals surface area contributed by atoms with Crippen molar-refractivity contribution in [3.05, 3.63) is 59.7 Å². The Morgan fingerprint density at radius 3 is 2.42 bits per heavy atom. The van der Waals surface area contributed by atoms with Crippen molar-refractivity contribution in [1.82, 2.24) is 10.7 Å². The number of rotatable bonds is 6. The van der Waals surface area contributed by atoms with Gasteiger partial charge in [0.2, 0.25) is 11.8 Å². The summed E-state index contributed by atoms with van der Waals surface area (Å²) in [7, 11) is 0. The third-order valence-electron chi connectivity index (χ3n) is 4.79. The van der Waals surface area contributed by atoms with Gasteiger partial charge in [-0.1, -0.05) is 26.0 Å². The summed E-state index contributed by atoms with van der Waals surface area (Å²) in [5, 5.41) is 8.55. The van der Waals surface area contributed by atoms with Gasteiger partial charge in [0.25, 0.3) is 11.8 Å². The number of benzene rings is 2. The van der Waals surface area contributed by atoms with E-state index in [9.17, 15) is 24.0 Å². The number of hydrogen-bond acceptors (Lipinski definition) is 6. The zero-order valence-corrected chi connectivity index (χ0v) is 18.3. The average molecular weight is 449 g/mol. The quantitative estimate of drug-likeness (QED) is 0.353. The number of nitrogens with zero attached hydrogens (tertiary/aromatic N) is 2. The Morgan fingerprint density at radius 2 is 1.79 bits per heavy atom. The monoisotopic (exact) mass is 449 g/mol. The van der Waals surface area contributed by atoms with Crippen molar-refractivity contribution in [1.29, 1.82) is 0 Å². The first kappa shape index (κ1) is 23.3. The molecule has 0 aromatic heterocycles. The van der Waals surface area contributed by atoms with Crippen molar-refractivity contribution >= 4 is 47.2 Å². The van der Waals surface area contributed by atoms with Crippen LogP contribution >= 0.6 is 0 Å². The van der Waals surface area contributed by atoms with Crippen LogP contribution < -0.4 is 21.0 Å². The zero-order chi connectivity index (χ0) is 24.1. The van der Waals surface area contributed by atoms with Crippen molar-refractivity contribution in [2.24, 2.45) is 16.9 Å². The number of amides is 6. The van der Waals surface area contributed by atoms with E-state index in [0.29, 0.717) is 11.4 Å². The van der Waals surface area contributed by atoms with Gasteiger partial charge in [0.05, 0.1) is 5.69 Å². The minimum atomic E-state index is -1.39. The van der Waals surface area contributed by atoms with Crippen LogP contribution in [0, 0.1) is 18.8 Å². The van der Waals surface area contributed by atoms with Gasteiger partial charge in [0.15, 0.2) is 5.92 Å². The fourth-order valence-corrected chi connectivity index (χ4v) is 2.96. The molecule has 2 aromatic carbocycles. The van der Waals surface area contributed by atoms with Crippen LogP contribution in [0.25, 0.3) is 0 Å². The molecular weight excluding hydrogens is 426 g/mol. The van der Waals surface area contributed by atoms with Gasteiger partial charge in [-0.15, -0.1) is 0 Å². The van der Waals surface area contributed by atoms with Gasteiger partial charge in [-0.3, -0.25) is 24.5 Å². The van der Waals surface area contributed by atoms with E-state index in [1.165, 1.54) is 12.1 Å². The molecule has 0 aliphatic carbocycles. The van der Waals surface area contributed by atoms with E-state index in [-0.39, 0.29) is 17.4 Å². The van der Waals surface area contributed by atoms with Gasteiger partial charge in [-0.05, 0) is 48.9 Å². The molecule has 1 aliphatic rings. The van der Waals surface area contributed by atoms with E-state index in [1.807, 2.05) is 0 Å². The third-order valence-corrected chi connectivity index (χ3v) is 4.79. The number of barbiturate groups is 1. The molecule has 2 aromatic rings. The molecule has 0 spiro atoms. The summed E-state index contributed by atoms with van der Waals surface area (Å²) in [4.78, 5) is 62.0. The van der Waals surface area contributed by atoms with Crippen LogP contribution in [0.1, 0.15) is 29.8 Å². The first-order valence-electron chi connectivity index (χ1n) is 10.2. The Morgan fingerprint density at radius 1 is 1.09 bits per heavy atom. The molecule has 1 atom stereocenters. The van der Waals surface area contributed by atoms with Gasteiger partial charge in [-0.2, -0.15) is 5.10 Å². The molecule has 1 heterocycles. The first-order chi connectivity index (χ1) is 15.7. The average Bonchev–Trinajstić information content (AvgIpc) is 2.76. The number of aryl methyl sites for hydroxylation is 1. The number of carbonyl (C=O) groups is 5. The Kier molecular flexibility index (Phi) is 6.97. The van der Waals surface area contributed by atoms with Crippen molar-refractivity contribution in [2.45, 2.75) is 20.8 Å². The standard InChI is InChI=1S/C23H23N5O5/c1-13(2)19(29)25-16-9-7-15(8-10-16)20(30)27-24-12-18-21(31)26-23(33)28(22(18)32)17-6-4-5-14(3)11-17/h4-13,18H,1-3H3,(H,25,29)(H,27,30)(H,26,31,33)/b24-12-/t18-/m0/s1. The van der Waals surface area contributed by atoms with Gasteiger partial charge < -0.3 is 5.32 Å². The molecule has 0 bridgehead atoms. The Labute approximate surface area is 190 Å². The van der Waals surface area contributed by atoms with Crippen molar-refractivity contribution in [3.63, 3.8) is 0 Å². The highest BCUT2D eigenvalue weighted by Gasteiger charge is 2.40. The number of nitrogens with one attached hydrogen (secondary N) is 3. The van der Waals surface area contributed by atoms with Crippen LogP contribution in [0.4, 0.5) is 16.2 Å². The van der Waals surface area contributed by atoms with E-state index in [1.54, 1.807) is 57.2 Å². The summed E-state index contributed by atoms with van der Waals surface area (Å²) in [5.74, 6) is -3.92. The van der Waals surface area contributed by atoms with Gasteiger partial charge in [0.1, 0.15) is 0 Å². The molecule has 170 valence electrons. The molecule has 1 aliphatic heterocycles. The van der Waals surface area contributed by atoms with Gasteiger partial charge in [0, 0.05) is 23.4 Å². The topological polar surface area (TPSA) is 137 Å². The van der Waals surface area contributed by atoms with Crippen LogP contribution in [0.2, 0.25) is 0 Å². The van der Waals surface area contributed by atoms with E-state index in [0.717, 1.165) is 16.7 Å². The van der Waals surface area contributed by atoms with Gasteiger partial charge in [-0.25, -0.2) is 15.1 Å². The number of urea groups is 1. The zero-order valence-electron chi connectivity index (χ0n) is 18.3. The fraction of sp³-hybridized carbons (Fsp3) is 0.217. The fourth-order valence-electron chi connectivity index (χ4n) is 2.96. The molecule has 10 nitrogen and oxygen atoms in total. The minimum Gasteiger partial charge on any atom is -0.326 e. The third kappa shape index (κ3) is 5.48. The van der Waals surface area contributed by atoms with Gasteiger partial charge >= 0.3 is 6.03 Å². The summed E-state index contributed by atoms with van der Waals surface area (Å²) >= 11 is 0. The second-order valence-corrected chi connectivity index (χ2v) is 7.73. The van der Waals surface area contributed by atoms with E-state index in [4.69, 9.17) is 0 Å². The maximum atomic E-state index is 12.8. The van der Waals surface area contributed by atoms with Crippen molar-refractivity contribution < 1.29 is 24.0 Å². The molecule has 3 N–H and O–H groups in total. The first-order valence-corrected chi connectivity index (χ1v) is 10.2. The Hall–Kier alpha value is -4.34. The molecule has 0 saturated carbocycles. The molecule has 0 unspecified atom stereocenters. The SMILES string of the molecule is Cc1cccc(N2C(=O)NC(=O)[C@H](/C=N\NC(=O)c3ccc(NC(=O)C(C)C)cc3)C2=O)c1. The van der Waals surface area contributed by atoms with E-state index < -0.39 is 29.7 Å². The van der Waals surface area contributed by atoms with Crippen LogP contribution in [0.5, 0.6) is 0 Å². The van der Waals surface area contributed by atoms with Crippen molar-refractivity contribution in [2.75, 3.05) is 10.2 Å². The number of hydrazone groups is 1. The molecular formula is C23H23N5O5. The number of hydrogen-bond donors (Lipinski definition) is 3. The summed E-state index contributed by atoms with van der Waals surface area (Å²) in [6.07, 6.45) is 0.974. The number of anilines is 2. The van der Waals surface area contributed by atoms with Crippen LogP contribution in [-0.2, 0) is 14.4 Å². The Balaban J connectivity index is 1.66. The van der Waals surface area contributed by atoms with Crippen molar-refractivity contribution in [3.8, 4) is 0 Å². The predicted molar refractivity (Wildman–Crippen MR) is 122 cm³/mol. The number of imide groups is 2. The summed E-state index contributed by atoms with van der Waals surface area (Å²) < 4.78 is 0. The maximum absolute atomic E-state index is 12.8.